The van der Waals surface area contributed by atoms with E-state index in [-0.39, 0.29) is 5.91 Å². The van der Waals surface area contributed by atoms with E-state index in [1.165, 1.54) is 6.42 Å². The fraction of sp³-hybridized carbons (Fsp3) is 0.524. The van der Waals surface area contributed by atoms with E-state index >= 15 is 0 Å². The van der Waals surface area contributed by atoms with Gasteiger partial charge in [-0.25, -0.2) is 0 Å². The summed E-state index contributed by atoms with van der Waals surface area (Å²) in [4.78, 5) is 17.5. The van der Waals surface area contributed by atoms with Crippen LogP contribution in [0.4, 0.5) is 0 Å². The monoisotopic (exact) mass is 367 g/mol. The van der Waals surface area contributed by atoms with Gasteiger partial charge in [0.1, 0.15) is 0 Å². The number of nitrogens with one attached hydrogen (secondary N) is 1. The number of carbonyl (C=O) groups is 1. The van der Waals surface area contributed by atoms with Crippen LogP contribution in [0, 0.1) is 13.8 Å². The average Bonchev–Trinajstić information content (AvgIpc) is 3.32. The van der Waals surface area contributed by atoms with Gasteiger partial charge in [-0.05, 0) is 50.6 Å². The molecule has 27 heavy (non-hydrogen) atoms. The smallest absolute Gasteiger partial charge is 0.253 e. The number of amides is 1. The zero-order valence-corrected chi connectivity index (χ0v) is 16.3. The van der Waals surface area contributed by atoms with E-state index in [4.69, 9.17) is 0 Å². The van der Waals surface area contributed by atoms with Gasteiger partial charge in [-0.15, -0.1) is 0 Å². The minimum atomic E-state index is 0.148. The Morgan fingerprint density at radius 2 is 2.00 bits per heavy atom. The van der Waals surface area contributed by atoms with Crippen LogP contribution in [-0.4, -0.2) is 70.8 Å². The Bertz CT molecular complexity index is 801. The van der Waals surface area contributed by atoms with Crippen LogP contribution in [0.25, 0.3) is 0 Å². The third-order valence-electron chi connectivity index (χ3n) is 5.76. The SMILES string of the molecule is Cc1cc(C)n(Cc2cccc(C(=O)N3CCN(C4CCNC4)CC3)c2)n1. The standard InChI is InChI=1S/C21H29N5O/c1-16-12-17(2)26(23-16)15-18-4-3-5-19(13-18)21(27)25-10-8-24(9-11-25)20-6-7-22-14-20/h3-5,12-13,20,22H,6-11,14-15H2,1-2H3. The second kappa shape index (κ2) is 7.82. The van der Waals surface area contributed by atoms with Gasteiger partial charge in [-0.3, -0.25) is 14.4 Å². The van der Waals surface area contributed by atoms with Crippen molar-refractivity contribution in [3.05, 3.63) is 52.8 Å². The Hall–Kier alpha value is -2.18. The summed E-state index contributed by atoms with van der Waals surface area (Å²) in [5.74, 6) is 0.148. The highest BCUT2D eigenvalue weighted by atomic mass is 16.2. The molecule has 2 aliphatic rings. The Morgan fingerprint density at radius 3 is 2.67 bits per heavy atom. The number of hydrogen-bond donors (Lipinski definition) is 1. The molecule has 2 aliphatic heterocycles. The molecule has 1 aromatic heterocycles. The number of piperazine rings is 1. The Balaban J connectivity index is 1.39. The molecule has 0 saturated carbocycles. The highest BCUT2D eigenvalue weighted by Crippen LogP contribution is 2.16. The first-order chi connectivity index (χ1) is 13.1. The van der Waals surface area contributed by atoms with E-state index < -0.39 is 0 Å². The van der Waals surface area contributed by atoms with Gasteiger partial charge in [-0.1, -0.05) is 12.1 Å². The van der Waals surface area contributed by atoms with Gasteiger partial charge in [0.05, 0.1) is 12.2 Å². The summed E-state index contributed by atoms with van der Waals surface area (Å²) in [5.41, 5.74) is 4.06. The number of aryl methyl sites for hydroxylation is 2. The largest absolute Gasteiger partial charge is 0.336 e. The summed E-state index contributed by atoms with van der Waals surface area (Å²) in [5, 5.41) is 7.96. The maximum atomic E-state index is 13.0. The normalized spacial score (nSPS) is 21.0. The third-order valence-corrected chi connectivity index (χ3v) is 5.76. The number of rotatable bonds is 4. The molecule has 144 valence electrons. The minimum Gasteiger partial charge on any atom is -0.336 e. The van der Waals surface area contributed by atoms with Crippen LogP contribution in [0.5, 0.6) is 0 Å². The van der Waals surface area contributed by atoms with Crippen molar-refractivity contribution in [1.29, 1.82) is 0 Å². The molecule has 0 aliphatic carbocycles. The van der Waals surface area contributed by atoms with Crippen molar-refractivity contribution in [2.45, 2.75) is 32.9 Å². The van der Waals surface area contributed by atoms with E-state index in [1.807, 2.05) is 34.7 Å². The highest BCUT2D eigenvalue weighted by Gasteiger charge is 2.28. The van der Waals surface area contributed by atoms with E-state index in [0.717, 1.165) is 61.8 Å². The molecule has 2 saturated heterocycles. The lowest BCUT2D eigenvalue weighted by molar-refractivity contribution is 0.0583. The van der Waals surface area contributed by atoms with E-state index in [2.05, 4.69) is 34.4 Å². The van der Waals surface area contributed by atoms with Crippen LogP contribution in [0.3, 0.4) is 0 Å². The van der Waals surface area contributed by atoms with Crippen molar-refractivity contribution >= 4 is 5.91 Å². The molecule has 4 rings (SSSR count). The quantitative estimate of drug-likeness (QED) is 0.893. The predicted molar refractivity (Wildman–Crippen MR) is 106 cm³/mol. The van der Waals surface area contributed by atoms with Gasteiger partial charge in [0, 0.05) is 50.0 Å². The van der Waals surface area contributed by atoms with Crippen molar-refractivity contribution in [3.8, 4) is 0 Å². The molecule has 3 heterocycles. The molecule has 0 spiro atoms. The van der Waals surface area contributed by atoms with E-state index in [9.17, 15) is 4.79 Å². The predicted octanol–water partition coefficient (Wildman–Crippen LogP) is 1.67. The van der Waals surface area contributed by atoms with Crippen molar-refractivity contribution in [1.82, 2.24) is 24.9 Å². The number of hydrogen-bond acceptors (Lipinski definition) is 4. The van der Waals surface area contributed by atoms with Gasteiger partial charge in [0.2, 0.25) is 0 Å². The molecule has 0 bridgehead atoms. The van der Waals surface area contributed by atoms with Crippen LogP contribution in [-0.2, 0) is 6.54 Å². The maximum Gasteiger partial charge on any atom is 0.253 e. The average molecular weight is 367 g/mol. The van der Waals surface area contributed by atoms with E-state index in [0.29, 0.717) is 12.6 Å². The second-order valence-electron chi connectivity index (χ2n) is 7.76. The lowest BCUT2D eigenvalue weighted by Gasteiger charge is -2.37. The van der Waals surface area contributed by atoms with Gasteiger partial charge in [-0.2, -0.15) is 5.10 Å². The molecule has 1 unspecified atom stereocenters. The van der Waals surface area contributed by atoms with Crippen molar-refractivity contribution in [2.24, 2.45) is 0 Å². The second-order valence-corrected chi connectivity index (χ2v) is 7.76. The number of aromatic nitrogens is 2. The zero-order valence-electron chi connectivity index (χ0n) is 16.3. The molecular weight excluding hydrogens is 338 g/mol. The molecule has 1 amide bonds. The summed E-state index contributed by atoms with van der Waals surface area (Å²) in [6.45, 7) is 10.6. The molecule has 1 aromatic carbocycles. The first kappa shape index (κ1) is 18.2. The summed E-state index contributed by atoms with van der Waals surface area (Å²) in [6, 6.07) is 10.7. The van der Waals surface area contributed by atoms with Crippen molar-refractivity contribution in [2.75, 3.05) is 39.3 Å². The topological polar surface area (TPSA) is 53.4 Å². The number of carbonyl (C=O) groups excluding carboxylic acids is 1. The summed E-state index contributed by atoms with van der Waals surface area (Å²) in [6.07, 6.45) is 1.22. The Labute approximate surface area is 161 Å². The first-order valence-corrected chi connectivity index (χ1v) is 9.94. The van der Waals surface area contributed by atoms with E-state index in [1.54, 1.807) is 0 Å². The number of benzene rings is 1. The molecule has 1 N–H and O–H groups in total. The molecule has 1 atom stereocenters. The summed E-state index contributed by atoms with van der Waals surface area (Å²) < 4.78 is 1.99. The van der Waals surface area contributed by atoms with Crippen LogP contribution >= 0.6 is 0 Å². The third kappa shape index (κ3) is 4.06. The molecule has 2 fully saturated rings. The fourth-order valence-electron chi connectivity index (χ4n) is 4.23. The van der Waals surface area contributed by atoms with Crippen molar-refractivity contribution < 1.29 is 4.79 Å². The Kier molecular flexibility index (Phi) is 5.27. The van der Waals surface area contributed by atoms with Gasteiger partial charge in [0.15, 0.2) is 0 Å². The fourth-order valence-corrected chi connectivity index (χ4v) is 4.23. The minimum absolute atomic E-state index is 0.148. The van der Waals surface area contributed by atoms with Gasteiger partial charge < -0.3 is 10.2 Å². The zero-order chi connectivity index (χ0) is 18.8. The molecule has 6 nitrogen and oxygen atoms in total. The summed E-state index contributed by atoms with van der Waals surface area (Å²) >= 11 is 0. The van der Waals surface area contributed by atoms with Crippen LogP contribution in [0.1, 0.15) is 33.7 Å². The van der Waals surface area contributed by atoms with Gasteiger partial charge >= 0.3 is 0 Å². The molecule has 0 radical (unpaired) electrons. The van der Waals surface area contributed by atoms with Gasteiger partial charge in [0.25, 0.3) is 5.91 Å². The van der Waals surface area contributed by atoms with Crippen LogP contribution in [0.15, 0.2) is 30.3 Å². The lowest BCUT2D eigenvalue weighted by Crippen LogP contribution is -2.52. The maximum absolute atomic E-state index is 13.0. The van der Waals surface area contributed by atoms with Crippen LogP contribution < -0.4 is 5.32 Å². The first-order valence-electron chi connectivity index (χ1n) is 9.94. The lowest BCUT2D eigenvalue weighted by atomic mass is 10.1. The number of nitrogens with zero attached hydrogens (tertiary/aromatic N) is 4. The summed E-state index contributed by atoms with van der Waals surface area (Å²) in [7, 11) is 0. The van der Waals surface area contributed by atoms with Crippen LogP contribution in [0.2, 0.25) is 0 Å². The molecule has 6 heteroatoms. The molecule has 2 aromatic rings. The Morgan fingerprint density at radius 1 is 1.19 bits per heavy atom. The molecular formula is C21H29N5O. The highest BCUT2D eigenvalue weighted by molar-refractivity contribution is 5.94. The van der Waals surface area contributed by atoms with Crippen molar-refractivity contribution in [3.63, 3.8) is 0 Å².